The standard InChI is InChI=1S/C32H32N6/c1-5-20(19-38(3)4)14-21(6-2)27-12-13-28-31(35-27)32(37-36-28)29-16-25-26(17-33-18-30(25)34-29)24-11-10-22-8-7-9-23(22)15-24/h5-6,10-18,34H,1,7-9,19H2,2-4H3,(H,36,37)/b20-14+,21-6+. The highest BCUT2D eigenvalue weighted by Crippen LogP contribution is 2.35. The number of pyridine rings is 2. The molecule has 1 aliphatic rings. The van der Waals surface area contributed by atoms with E-state index in [1.165, 1.54) is 29.5 Å². The van der Waals surface area contributed by atoms with E-state index in [1.54, 1.807) is 0 Å². The Kier molecular flexibility index (Phi) is 6.26. The Morgan fingerprint density at radius 2 is 1.92 bits per heavy atom. The van der Waals surface area contributed by atoms with Gasteiger partial charge in [0.15, 0.2) is 0 Å². The van der Waals surface area contributed by atoms with Crippen molar-refractivity contribution in [3.05, 3.63) is 96.0 Å². The molecule has 0 radical (unpaired) electrons. The van der Waals surface area contributed by atoms with Gasteiger partial charge in [0.05, 0.1) is 28.6 Å². The number of likely N-dealkylation sites (N-methyl/N-ethyl adjacent to an activating group) is 1. The third kappa shape index (κ3) is 4.37. The Labute approximate surface area is 222 Å². The zero-order chi connectivity index (χ0) is 26.2. The molecule has 2 N–H and O–H groups in total. The molecule has 0 unspecified atom stereocenters. The summed E-state index contributed by atoms with van der Waals surface area (Å²) >= 11 is 0. The number of fused-ring (bicyclic) bond motifs is 3. The summed E-state index contributed by atoms with van der Waals surface area (Å²) in [5.74, 6) is 0. The molecule has 0 spiro atoms. The van der Waals surface area contributed by atoms with E-state index >= 15 is 0 Å². The van der Waals surface area contributed by atoms with E-state index in [-0.39, 0.29) is 0 Å². The number of aromatic amines is 2. The van der Waals surface area contributed by atoms with Crippen LogP contribution in [0.3, 0.4) is 0 Å². The van der Waals surface area contributed by atoms with Gasteiger partial charge in [0.1, 0.15) is 11.2 Å². The number of hydrogen-bond donors (Lipinski definition) is 2. The van der Waals surface area contributed by atoms with Gasteiger partial charge in [-0.05, 0) is 92.4 Å². The number of benzene rings is 1. The Hall–Kier alpha value is -4.29. The molecule has 0 amide bonds. The first-order valence-electron chi connectivity index (χ1n) is 13.1. The van der Waals surface area contributed by atoms with Gasteiger partial charge in [0.2, 0.25) is 0 Å². The normalized spacial score (nSPS) is 14.1. The molecule has 0 bridgehead atoms. The van der Waals surface area contributed by atoms with Crippen molar-refractivity contribution in [2.45, 2.75) is 26.2 Å². The second-order valence-corrected chi connectivity index (χ2v) is 10.2. The number of hydrogen-bond acceptors (Lipinski definition) is 4. The maximum atomic E-state index is 5.05. The molecule has 0 saturated heterocycles. The SMILES string of the molecule is C=C/C(=C\C(=C/C)c1ccc2[nH]nc(-c3cc4c(-c5ccc6c(c5)CCC6)cncc4[nH]3)c2n1)CN(C)C. The highest BCUT2D eigenvalue weighted by molar-refractivity contribution is 6.00. The van der Waals surface area contributed by atoms with Crippen molar-refractivity contribution in [1.29, 1.82) is 0 Å². The van der Waals surface area contributed by atoms with Crippen LogP contribution < -0.4 is 0 Å². The second kappa shape index (κ2) is 9.88. The lowest BCUT2D eigenvalue weighted by Gasteiger charge is -2.11. The fraction of sp³-hybridized carbons (Fsp3) is 0.219. The maximum Gasteiger partial charge on any atom is 0.135 e. The van der Waals surface area contributed by atoms with E-state index in [1.807, 2.05) is 37.5 Å². The number of H-pyrrole nitrogens is 2. The molecule has 1 aromatic carbocycles. The van der Waals surface area contributed by atoms with E-state index in [4.69, 9.17) is 4.98 Å². The first kappa shape index (κ1) is 24.1. The third-order valence-electron chi connectivity index (χ3n) is 7.33. The largest absolute Gasteiger partial charge is 0.352 e. The maximum absolute atomic E-state index is 5.05. The quantitative estimate of drug-likeness (QED) is 0.243. The monoisotopic (exact) mass is 500 g/mol. The number of aryl methyl sites for hydroxylation is 2. The Morgan fingerprint density at radius 1 is 1.05 bits per heavy atom. The molecule has 5 aromatic rings. The molecule has 4 aromatic heterocycles. The first-order chi connectivity index (χ1) is 18.5. The summed E-state index contributed by atoms with van der Waals surface area (Å²) in [4.78, 5) is 15.3. The summed E-state index contributed by atoms with van der Waals surface area (Å²) in [6, 6.07) is 13.1. The minimum Gasteiger partial charge on any atom is -0.352 e. The summed E-state index contributed by atoms with van der Waals surface area (Å²) in [5, 5.41) is 8.95. The Bertz CT molecular complexity index is 1730. The fourth-order valence-electron chi connectivity index (χ4n) is 5.43. The van der Waals surface area contributed by atoms with Crippen LogP contribution >= 0.6 is 0 Å². The highest BCUT2D eigenvalue weighted by atomic mass is 15.1. The van der Waals surface area contributed by atoms with Crippen LogP contribution in [0.4, 0.5) is 0 Å². The van der Waals surface area contributed by atoms with Crippen LogP contribution in [-0.4, -0.2) is 50.7 Å². The van der Waals surface area contributed by atoms with Gasteiger partial charge in [-0.1, -0.05) is 36.9 Å². The zero-order valence-corrected chi connectivity index (χ0v) is 22.2. The van der Waals surface area contributed by atoms with Gasteiger partial charge in [-0.2, -0.15) is 5.10 Å². The molecule has 6 heteroatoms. The average molecular weight is 501 g/mol. The topological polar surface area (TPSA) is 73.5 Å². The lowest BCUT2D eigenvalue weighted by atomic mass is 9.99. The van der Waals surface area contributed by atoms with E-state index < -0.39 is 0 Å². The van der Waals surface area contributed by atoms with E-state index in [2.05, 4.69) is 82.2 Å². The van der Waals surface area contributed by atoms with Crippen LogP contribution in [0.15, 0.2) is 79.2 Å². The molecule has 0 fully saturated rings. The molecule has 0 aliphatic heterocycles. The molecule has 0 saturated carbocycles. The van der Waals surface area contributed by atoms with Crippen LogP contribution in [0.25, 0.3) is 50.0 Å². The lowest BCUT2D eigenvalue weighted by molar-refractivity contribution is 0.449. The average Bonchev–Trinajstić information content (AvgIpc) is 3.67. The summed E-state index contributed by atoms with van der Waals surface area (Å²) in [6.07, 6.45) is 13.6. The van der Waals surface area contributed by atoms with Crippen molar-refractivity contribution in [3.63, 3.8) is 0 Å². The van der Waals surface area contributed by atoms with Crippen LogP contribution in [0, 0.1) is 0 Å². The van der Waals surface area contributed by atoms with Crippen molar-refractivity contribution >= 4 is 27.5 Å². The van der Waals surface area contributed by atoms with Crippen molar-refractivity contribution in [3.8, 4) is 22.5 Å². The zero-order valence-electron chi connectivity index (χ0n) is 22.2. The van der Waals surface area contributed by atoms with E-state index in [0.717, 1.165) is 68.7 Å². The smallest absolute Gasteiger partial charge is 0.135 e. The number of allylic oxidation sites excluding steroid dienone is 3. The third-order valence-corrected chi connectivity index (χ3v) is 7.33. The van der Waals surface area contributed by atoms with Gasteiger partial charge in [-0.15, -0.1) is 0 Å². The molecule has 6 rings (SSSR count). The van der Waals surface area contributed by atoms with Crippen molar-refractivity contribution < 1.29 is 0 Å². The predicted molar refractivity (Wildman–Crippen MR) is 157 cm³/mol. The van der Waals surface area contributed by atoms with Gasteiger partial charge in [-0.25, -0.2) is 4.98 Å². The minimum absolute atomic E-state index is 0.801. The number of rotatable bonds is 7. The molecule has 6 nitrogen and oxygen atoms in total. The van der Waals surface area contributed by atoms with Crippen LogP contribution in [-0.2, 0) is 12.8 Å². The van der Waals surface area contributed by atoms with Crippen LogP contribution in [0.5, 0.6) is 0 Å². The molecule has 38 heavy (non-hydrogen) atoms. The molecular weight excluding hydrogens is 468 g/mol. The van der Waals surface area contributed by atoms with Crippen LogP contribution in [0.1, 0.15) is 30.2 Å². The van der Waals surface area contributed by atoms with E-state index in [0.29, 0.717) is 0 Å². The summed E-state index contributed by atoms with van der Waals surface area (Å²) in [5.41, 5.74) is 12.8. The minimum atomic E-state index is 0.801. The first-order valence-corrected chi connectivity index (χ1v) is 13.1. The van der Waals surface area contributed by atoms with Crippen molar-refractivity contribution in [1.82, 2.24) is 30.0 Å². The summed E-state index contributed by atoms with van der Waals surface area (Å²) in [6.45, 7) is 6.84. The number of nitrogens with zero attached hydrogens (tertiary/aromatic N) is 4. The second-order valence-electron chi connectivity index (χ2n) is 10.2. The molecule has 1 aliphatic carbocycles. The predicted octanol–water partition coefficient (Wildman–Crippen LogP) is 6.73. The van der Waals surface area contributed by atoms with Gasteiger partial charge in [0, 0.05) is 23.7 Å². The van der Waals surface area contributed by atoms with Crippen molar-refractivity contribution in [2.24, 2.45) is 0 Å². The Balaban J connectivity index is 1.42. The lowest BCUT2D eigenvalue weighted by Crippen LogP contribution is -2.14. The molecule has 190 valence electrons. The van der Waals surface area contributed by atoms with Gasteiger partial charge >= 0.3 is 0 Å². The molecule has 4 heterocycles. The van der Waals surface area contributed by atoms with E-state index in [9.17, 15) is 0 Å². The molecule has 0 atom stereocenters. The summed E-state index contributed by atoms with van der Waals surface area (Å²) in [7, 11) is 4.11. The highest BCUT2D eigenvalue weighted by Gasteiger charge is 2.17. The van der Waals surface area contributed by atoms with Gasteiger partial charge in [-0.3, -0.25) is 10.1 Å². The number of nitrogens with one attached hydrogen (secondary N) is 2. The van der Waals surface area contributed by atoms with Gasteiger partial charge in [0.25, 0.3) is 0 Å². The van der Waals surface area contributed by atoms with Gasteiger partial charge < -0.3 is 9.88 Å². The molecular formula is C32H32N6. The number of aromatic nitrogens is 5. The van der Waals surface area contributed by atoms with Crippen molar-refractivity contribution in [2.75, 3.05) is 20.6 Å². The van der Waals surface area contributed by atoms with Crippen LogP contribution in [0.2, 0.25) is 0 Å². The Morgan fingerprint density at radius 3 is 2.74 bits per heavy atom. The fourth-order valence-corrected chi connectivity index (χ4v) is 5.43. The summed E-state index contributed by atoms with van der Waals surface area (Å²) < 4.78 is 0.